The molecule has 0 aliphatic heterocycles. The molecule has 6 nitrogen and oxygen atoms in total. The molecule has 2 aromatic heterocycles. The number of aryl methyl sites for hydroxylation is 1. The zero-order valence-corrected chi connectivity index (χ0v) is 12.5. The summed E-state index contributed by atoms with van der Waals surface area (Å²) in [5, 5.41) is 4.03. The zero-order valence-electron chi connectivity index (χ0n) is 12.5. The van der Waals surface area contributed by atoms with Crippen LogP contribution in [0, 0.1) is 6.92 Å². The van der Waals surface area contributed by atoms with Crippen molar-refractivity contribution >= 4 is 0 Å². The molecule has 0 amide bonds. The van der Waals surface area contributed by atoms with E-state index in [2.05, 4.69) is 15.1 Å². The molecular weight excluding hydrogens is 282 g/mol. The molecule has 0 aliphatic rings. The molecule has 0 saturated heterocycles. The van der Waals surface area contributed by atoms with Crippen molar-refractivity contribution in [1.29, 1.82) is 0 Å². The molecule has 0 N–H and O–H groups in total. The van der Waals surface area contributed by atoms with Crippen LogP contribution in [0.3, 0.4) is 0 Å². The van der Waals surface area contributed by atoms with Crippen molar-refractivity contribution in [2.75, 3.05) is 14.2 Å². The normalized spacial score (nSPS) is 10.5. The first-order valence-corrected chi connectivity index (χ1v) is 6.71. The van der Waals surface area contributed by atoms with Gasteiger partial charge >= 0.3 is 0 Å². The fraction of sp³-hybridized carbons (Fsp3) is 0.188. The van der Waals surface area contributed by atoms with Gasteiger partial charge in [0.15, 0.2) is 0 Å². The van der Waals surface area contributed by atoms with Gasteiger partial charge in [0.05, 0.1) is 19.8 Å². The lowest BCUT2D eigenvalue weighted by Gasteiger charge is -2.09. The smallest absolute Gasteiger partial charge is 0.259 e. The van der Waals surface area contributed by atoms with Crippen LogP contribution in [0.4, 0.5) is 0 Å². The van der Waals surface area contributed by atoms with Crippen LogP contribution in [0.1, 0.15) is 5.69 Å². The van der Waals surface area contributed by atoms with Gasteiger partial charge in [-0.15, -0.1) is 0 Å². The number of benzene rings is 1. The van der Waals surface area contributed by atoms with Gasteiger partial charge in [0.2, 0.25) is 5.82 Å². The molecule has 0 aliphatic carbocycles. The third-order valence-electron chi connectivity index (χ3n) is 3.24. The number of hydrogen-bond acceptors (Lipinski definition) is 6. The van der Waals surface area contributed by atoms with E-state index in [1.165, 1.54) is 0 Å². The van der Waals surface area contributed by atoms with E-state index in [9.17, 15) is 0 Å². The molecule has 0 bridgehead atoms. The highest BCUT2D eigenvalue weighted by molar-refractivity contribution is 5.72. The number of pyridine rings is 1. The summed E-state index contributed by atoms with van der Waals surface area (Å²) in [6, 6.07) is 9.26. The van der Waals surface area contributed by atoms with E-state index in [-0.39, 0.29) is 0 Å². The van der Waals surface area contributed by atoms with Crippen molar-refractivity contribution < 1.29 is 14.0 Å². The van der Waals surface area contributed by atoms with E-state index < -0.39 is 0 Å². The average molecular weight is 297 g/mol. The summed E-state index contributed by atoms with van der Waals surface area (Å²) in [5.41, 5.74) is 2.34. The van der Waals surface area contributed by atoms with Crippen molar-refractivity contribution in [3.8, 4) is 34.3 Å². The molecule has 0 unspecified atom stereocenters. The van der Waals surface area contributed by atoms with E-state index >= 15 is 0 Å². The first-order chi connectivity index (χ1) is 10.7. The maximum absolute atomic E-state index is 5.36. The Hall–Kier alpha value is -2.89. The predicted octanol–water partition coefficient (Wildman–Crippen LogP) is 3.12. The van der Waals surface area contributed by atoms with Gasteiger partial charge in [-0.1, -0.05) is 11.2 Å². The number of rotatable bonds is 4. The highest BCUT2D eigenvalue weighted by Gasteiger charge is 2.19. The number of nitrogens with zero attached hydrogens (tertiary/aromatic N) is 3. The second-order valence-corrected chi connectivity index (χ2v) is 4.65. The third kappa shape index (κ3) is 2.50. The molecule has 0 spiro atoms. The molecule has 0 fully saturated rings. The number of ether oxygens (including phenoxy) is 2. The monoisotopic (exact) mass is 297 g/mol. The minimum atomic E-state index is 0.399. The van der Waals surface area contributed by atoms with Crippen molar-refractivity contribution in [2.24, 2.45) is 0 Å². The molecule has 3 rings (SSSR count). The van der Waals surface area contributed by atoms with E-state index in [1.54, 1.807) is 20.4 Å². The Kier molecular flexibility index (Phi) is 3.74. The van der Waals surface area contributed by atoms with Crippen LogP contribution in [0.25, 0.3) is 22.8 Å². The lowest BCUT2D eigenvalue weighted by molar-refractivity contribution is 0.394. The lowest BCUT2D eigenvalue weighted by atomic mass is 10.1. The largest absolute Gasteiger partial charge is 0.496 e. The molecular formula is C16H15N3O3. The van der Waals surface area contributed by atoms with Crippen LogP contribution in [0.5, 0.6) is 11.5 Å². The van der Waals surface area contributed by atoms with Crippen LogP contribution in [-0.4, -0.2) is 29.3 Å². The Morgan fingerprint density at radius 3 is 2.32 bits per heavy atom. The molecule has 0 saturated carbocycles. The van der Waals surface area contributed by atoms with Crippen molar-refractivity contribution in [3.05, 3.63) is 42.2 Å². The molecule has 22 heavy (non-hydrogen) atoms. The molecule has 2 heterocycles. The second kappa shape index (κ2) is 5.85. The first-order valence-electron chi connectivity index (χ1n) is 6.71. The third-order valence-corrected chi connectivity index (χ3v) is 3.24. The highest BCUT2D eigenvalue weighted by atomic mass is 16.5. The average Bonchev–Trinajstić information content (AvgIpc) is 3.04. The standard InChI is InChI=1S/C16H15N3O3/c1-10-7-8-11(9-17-10)16-18-15(19-22-16)14-12(20-2)5-4-6-13(14)21-3/h4-9H,1-3H3. The maximum atomic E-state index is 5.36. The molecule has 112 valence electrons. The number of hydrogen-bond donors (Lipinski definition) is 0. The van der Waals surface area contributed by atoms with Gasteiger partial charge in [-0.25, -0.2) is 0 Å². The van der Waals surface area contributed by atoms with Gasteiger partial charge in [-0.2, -0.15) is 4.98 Å². The Morgan fingerprint density at radius 1 is 1.00 bits per heavy atom. The summed E-state index contributed by atoms with van der Waals surface area (Å²) in [7, 11) is 3.17. The minimum absolute atomic E-state index is 0.399. The molecule has 6 heteroatoms. The van der Waals surface area contributed by atoms with Crippen LogP contribution < -0.4 is 9.47 Å². The first kappa shape index (κ1) is 14.1. The summed E-state index contributed by atoms with van der Waals surface area (Å²) in [6.07, 6.45) is 1.70. The van der Waals surface area contributed by atoms with Crippen LogP contribution in [-0.2, 0) is 0 Å². The van der Waals surface area contributed by atoms with E-state index in [0.717, 1.165) is 11.3 Å². The minimum Gasteiger partial charge on any atom is -0.496 e. The number of aromatic nitrogens is 3. The lowest BCUT2D eigenvalue weighted by Crippen LogP contribution is -1.94. The molecule has 1 aromatic carbocycles. The Labute approximate surface area is 127 Å². The van der Waals surface area contributed by atoms with Gasteiger partial charge in [0, 0.05) is 11.9 Å². The van der Waals surface area contributed by atoms with Crippen LogP contribution in [0.15, 0.2) is 41.1 Å². The van der Waals surface area contributed by atoms with E-state index in [0.29, 0.717) is 28.8 Å². The second-order valence-electron chi connectivity index (χ2n) is 4.65. The highest BCUT2D eigenvalue weighted by Crippen LogP contribution is 2.37. The van der Waals surface area contributed by atoms with Gasteiger partial charge in [-0.3, -0.25) is 4.98 Å². The van der Waals surface area contributed by atoms with Crippen molar-refractivity contribution in [1.82, 2.24) is 15.1 Å². The fourth-order valence-electron chi connectivity index (χ4n) is 2.11. The Morgan fingerprint density at radius 2 is 1.73 bits per heavy atom. The van der Waals surface area contributed by atoms with Crippen LogP contribution in [0.2, 0.25) is 0 Å². The van der Waals surface area contributed by atoms with Crippen molar-refractivity contribution in [2.45, 2.75) is 6.92 Å². The Balaban J connectivity index is 2.06. The summed E-state index contributed by atoms with van der Waals surface area (Å²) < 4.78 is 16.0. The summed E-state index contributed by atoms with van der Waals surface area (Å²) >= 11 is 0. The predicted molar refractivity (Wildman–Crippen MR) is 80.8 cm³/mol. The van der Waals surface area contributed by atoms with E-state index in [4.69, 9.17) is 14.0 Å². The molecule has 3 aromatic rings. The molecule has 0 atom stereocenters. The van der Waals surface area contributed by atoms with Crippen LogP contribution >= 0.6 is 0 Å². The quantitative estimate of drug-likeness (QED) is 0.737. The van der Waals surface area contributed by atoms with E-state index in [1.807, 2.05) is 37.3 Å². The van der Waals surface area contributed by atoms with Gasteiger partial charge < -0.3 is 14.0 Å². The SMILES string of the molecule is COc1cccc(OC)c1-c1noc(-c2ccc(C)nc2)n1. The van der Waals surface area contributed by atoms with Crippen molar-refractivity contribution in [3.63, 3.8) is 0 Å². The summed E-state index contributed by atoms with van der Waals surface area (Å²) in [6.45, 7) is 1.92. The zero-order chi connectivity index (χ0) is 15.5. The summed E-state index contributed by atoms with van der Waals surface area (Å²) in [4.78, 5) is 8.65. The topological polar surface area (TPSA) is 70.3 Å². The Bertz CT molecular complexity index is 759. The molecule has 0 radical (unpaired) electrons. The van der Waals surface area contributed by atoms with Gasteiger partial charge in [0.1, 0.15) is 17.1 Å². The summed E-state index contributed by atoms with van der Waals surface area (Å²) in [5.74, 6) is 2.04. The van der Waals surface area contributed by atoms with Gasteiger partial charge in [0.25, 0.3) is 5.89 Å². The fourth-order valence-corrected chi connectivity index (χ4v) is 2.11. The van der Waals surface area contributed by atoms with Gasteiger partial charge in [-0.05, 0) is 31.2 Å². The maximum Gasteiger partial charge on any atom is 0.259 e. The number of methoxy groups -OCH3 is 2.